The quantitative estimate of drug-likeness (QED) is 0.914. The maximum Gasteiger partial charge on any atom is 0.0991 e. The third kappa shape index (κ3) is 3.01. The zero-order chi connectivity index (χ0) is 13.8. The van der Waals surface area contributed by atoms with Gasteiger partial charge >= 0.3 is 0 Å². The van der Waals surface area contributed by atoms with Gasteiger partial charge in [0.1, 0.15) is 0 Å². The number of nitriles is 1. The molecule has 0 amide bonds. The van der Waals surface area contributed by atoms with Gasteiger partial charge in [-0.05, 0) is 43.6 Å². The van der Waals surface area contributed by atoms with Gasteiger partial charge in [-0.2, -0.15) is 5.26 Å². The van der Waals surface area contributed by atoms with E-state index in [2.05, 4.69) is 11.4 Å². The third-order valence-corrected chi connectivity index (χ3v) is 4.23. The van der Waals surface area contributed by atoms with Crippen LogP contribution in [0.25, 0.3) is 0 Å². The molecule has 1 N–H and O–H groups in total. The third-order valence-electron chi connectivity index (χ3n) is 4.23. The highest BCUT2D eigenvalue weighted by atomic mass is 16.6. The molecule has 2 fully saturated rings. The van der Waals surface area contributed by atoms with E-state index in [0.717, 1.165) is 37.9 Å². The molecular weight excluding hydrogens is 252 g/mol. The van der Waals surface area contributed by atoms with Crippen LogP contribution in [0.15, 0.2) is 24.3 Å². The normalized spacial score (nSPS) is 24.6. The van der Waals surface area contributed by atoms with Gasteiger partial charge < -0.3 is 14.8 Å². The number of ether oxygens (including phenoxy) is 2. The van der Waals surface area contributed by atoms with Crippen molar-refractivity contribution in [2.45, 2.75) is 37.6 Å². The molecule has 106 valence electrons. The van der Waals surface area contributed by atoms with Gasteiger partial charge in [-0.3, -0.25) is 0 Å². The highest BCUT2D eigenvalue weighted by Crippen LogP contribution is 2.35. The second-order valence-electron chi connectivity index (χ2n) is 5.69. The van der Waals surface area contributed by atoms with Crippen molar-refractivity contribution in [1.82, 2.24) is 5.32 Å². The predicted molar refractivity (Wildman–Crippen MR) is 75.1 cm³/mol. The number of hydrogen-bond acceptors (Lipinski definition) is 4. The molecule has 2 saturated heterocycles. The lowest BCUT2D eigenvalue weighted by molar-refractivity contribution is -0.0240. The van der Waals surface area contributed by atoms with Crippen LogP contribution in [-0.4, -0.2) is 31.4 Å². The van der Waals surface area contributed by atoms with E-state index in [9.17, 15) is 0 Å². The Bertz CT molecular complexity index is 503. The summed E-state index contributed by atoms with van der Waals surface area (Å²) in [6.45, 7) is 3.32. The number of piperidine rings is 1. The molecule has 0 bridgehead atoms. The van der Waals surface area contributed by atoms with Gasteiger partial charge in [0.05, 0.1) is 36.6 Å². The van der Waals surface area contributed by atoms with Crippen molar-refractivity contribution in [3.63, 3.8) is 0 Å². The van der Waals surface area contributed by atoms with Crippen LogP contribution in [0.2, 0.25) is 0 Å². The molecule has 1 unspecified atom stereocenters. The fraction of sp³-hybridized carbons (Fsp3) is 0.562. The zero-order valence-corrected chi connectivity index (χ0v) is 11.6. The van der Waals surface area contributed by atoms with E-state index >= 15 is 0 Å². The zero-order valence-electron chi connectivity index (χ0n) is 11.6. The van der Waals surface area contributed by atoms with Crippen molar-refractivity contribution in [2.75, 3.05) is 19.7 Å². The molecule has 2 heterocycles. The molecule has 4 heteroatoms. The van der Waals surface area contributed by atoms with Crippen molar-refractivity contribution < 1.29 is 9.47 Å². The van der Waals surface area contributed by atoms with E-state index < -0.39 is 0 Å². The summed E-state index contributed by atoms with van der Waals surface area (Å²) < 4.78 is 12.0. The molecule has 0 radical (unpaired) electrons. The lowest BCUT2D eigenvalue weighted by Crippen LogP contribution is -2.41. The summed E-state index contributed by atoms with van der Waals surface area (Å²) in [5.74, 6) is 0. The molecule has 1 spiro atoms. The van der Waals surface area contributed by atoms with E-state index in [4.69, 9.17) is 14.7 Å². The van der Waals surface area contributed by atoms with Crippen molar-refractivity contribution >= 4 is 0 Å². The molecule has 2 aliphatic heterocycles. The number of nitrogens with one attached hydrogen (secondary N) is 1. The summed E-state index contributed by atoms with van der Waals surface area (Å²) in [7, 11) is 0. The molecule has 2 aliphatic rings. The van der Waals surface area contributed by atoms with E-state index in [1.807, 2.05) is 24.3 Å². The van der Waals surface area contributed by atoms with Crippen LogP contribution in [-0.2, 0) is 16.1 Å². The van der Waals surface area contributed by atoms with Crippen LogP contribution in [0.1, 0.15) is 30.4 Å². The molecule has 0 aliphatic carbocycles. The van der Waals surface area contributed by atoms with Crippen LogP contribution in [0.4, 0.5) is 0 Å². The predicted octanol–water partition coefficient (Wildman–Crippen LogP) is 1.99. The molecule has 0 saturated carbocycles. The van der Waals surface area contributed by atoms with Crippen LogP contribution >= 0.6 is 0 Å². The monoisotopic (exact) mass is 272 g/mol. The Kier molecular flexibility index (Phi) is 4.02. The second-order valence-corrected chi connectivity index (χ2v) is 5.69. The molecule has 3 rings (SSSR count). The van der Waals surface area contributed by atoms with Crippen molar-refractivity contribution in [3.8, 4) is 6.07 Å². The Morgan fingerprint density at radius 3 is 3.05 bits per heavy atom. The Hall–Kier alpha value is -1.41. The summed E-state index contributed by atoms with van der Waals surface area (Å²) in [5, 5.41) is 12.3. The van der Waals surface area contributed by atoms with E-state index in [0.29, 0.717) is 18.8 Å². The lowest BCUT2D eigenvalue weighted by Gasteiger charge is -2.32. The SMILES string of the molecule is N#Cc1cccc(COC2COC3(CCNCC3)C2)c1. The molecule has 1 aromatic carbocycles. The highest BCUT2D eigenvalue weighted by Gasteiger charge is 2.41. The fourth-order valence-corrected chi connectivity index (χ4v) is 3.09. The topological polar surface area (TPSA) is 54.3 Å². The first-order valence-electron chi connectivity index (χ1n) is 7.25. The molecule has 0 aromatic heterocycles. The molecule has 20 heavy (non-hydrogen) atoms. The molecule has 1 atom stereocenters. The minimum Gasteiger partial charge on any atom is -0.372 e. The van der Waals surface area contributed by atoms with Gasteiger partial charge in [0.15, 0.2) is 0 Å². The number of hydrogen-bond donors (Lipinski definition) is 1. The maximum atomic E-state index is 8.89. The summed E-state index contributed by atoms with van der Waals surface area (Å²) in [5.41, 5.74) is 1.78. The average Bonchev–Trinajstić information content (AvgIpc) is 2.89. The van der Waals surface area contributed by atoms with Gasteiger partial charge in [-0.15, -0.1) is 0 Å². The standard InChI is InChI=1S/C16H20N2O2/c17-10-13-2-1-3-14(8-13)11-19-15-9-16(20-12-15)4-6-18-7-5-16/h1-3,8,15,18H,4-7,9,11-12H2. The van der Waals surface area contributed by atoms with E-state index in [1.54, 1.807) is 0 Å². The fourth-order valence-electron chi connectivity index (χ4n) is 3.09. The molecule has 4 nitrogen and oxygen atoms in total. The van der Waals surface area contributed by atoms with Crippen LogP contribution < -0.4 is 5.32 Å². The summed E-state index contributed by atoms with van der Waals surface area (Å²) in [6, 6.07) is 9.75. The minimum atomic E-state index is 0.0461. The molecule has 1 aromatic rings. The van der Waals surface area contributed by atoms with Crippen molar-refractivity contribution in [3.05, 3.63) is 35.4 Å². The summed E-state index contributed by atoms with van der Waals surface area (Å²) >= 11 is 0. The van der Waals surface area contributed by atoms with Gasteiger partial charge in [0.25, 0.3) is 0 Å². The summed E-state index contributed by atoms with van der Waals surface area (Å²) in [6.07, 6.45) is 3.33. The largest absolute Gasteiger partial charge is 0.372 e. The first-order chi connectivity index (χ1) is 9.80. The number of nitrogens with zero attached hydrogens (tertiary/aromatic N) is 1. The Morgan fingerprint density at radius 2 is 2.25 bits per heavy atom. The average molecular weight is 272 g/mol. The Morgan fingerprint density at radius 1 is 1.40 bits per heavy atom. The van der Waals surface area contributed by atoms with Crippen LogP contribution in [0.5, 0.6) is 0 Å². The van der Waals surface area contributed by atoms with E-state index in [-0.39, 0.29) is 11.7 Å². The second kappa shape index (κ2) is 5.92. The van der Waals surface area contributed by atoms with Gasteiger partial charge in [-0.25, -0.2) is 0 Å². The Balaban J connectivity index is 1.53. The minimum absolute atomic E-state index is 0.0461. The van der Waals surface area contributed by atoms with Crippen LogP contribution in [0, 0.1) is 11.3 Å². The smallest absolute Gasteiger partial charge is 0.0991 e. The lowest BCUT2D eigenvalue weighted by atomic mass is 9.89. The van der Waals surface area contributed by atoms with Crippen molar-refractivity contribution in [2.24, 2.45) is 0 Å². The highest BCUT2D eigenvalue weighted by molar-refractivity contribution is 5.32. The number of rotatable bonds is 3. The maximum absolute atomic E-state index is 8.89. The first kappa shape index (κ1) is 13.6. The van der Waals surface area contributed by atoms with Gasteiger partial charge in [-0.1, -0.05) is 12.1 Å². The first-order valence-corrected chi connectivity index (χ1v) is 7.25. The summed E-state index contributed by atoms with van der Waals surface area (Å²) in [4.78, 5) is 0. The molecular formula is C16H20N2O2. The van der Waals surface area contributed by atoms with E-state index in [1.165, 1.54) is 0 Å². The van der Waals surface area contributed by atoms with Crippen LogP contribution in [0.3, 0.4) is 0 Å². The number of benzene rings is 1. The Labute approximate surface area is 119 Å². The van der Waals surface area contributed by atoms with Gasteiger partial charge in [0.2, 0.25) is 0 Å². The van der Waals surface area contributed by atoms with Gasteiger partial charge in [0, 0.05) is 6.42 Å². The van der Waals surface area contributed by atoms with Crippen molar-refractivity contribution in [1.29, 1.82) is 5.26 Å².